The fourth-order valence-electron chi connectivity index (χ4n) is 7.15. The molecular weight excluding hydrogens is 599 g/mol. The first-order valence-electron chi connectivity index (χ1n) is 22.0. The van der Waals surface area contributed by atoms with Crippen molar-refractivity contribution in [1.29, 1.82) is 0 Å². The van der Waals surface area contributed by atoms with Gasteiger partial charge >= 0.3 is 0 Å². The van der Waals surface area contributed by atoms with E-state index < -0.39 is 0 Å². The quantitative estimate of drug-likeness (QED) is 0.0480. The highest BCUT2D eigenvalue weighted by atomic mass is 16.7. The van der Waals surface area contributed by atoms with Crippen molar-refractivity contribution in [2.45, 2.75) is 231 Å². The van der Waals surface area contributed by atoms with Crippen LogP contribution in [0.4, 0.5) is 0 Å². The Morgan fingerprint density at radius 3 is 1.41 bits per heavy atom. The number of nitrogens with zero attached hydrogens (tertiary/aromatic N) is 1. The molecule has 0 aromatic carbocycles. The van der Waals surface area contributed by atoms with E-state index in [2.05, 4.69) is 69.3 Å². The smallest absolute Gasteiger partial charge is 0.168 e. The van der Waals surface area contributed by atoms with Crippen molar-refractivity contribution in [2.75, 3.05) is 27.2 Å². The van der Waals surface area contributed by atoms with Crippen molar-refractivity contribution < 1.29 is 9.47 Å². The standard InChI is InChI=1S/C46H87NO2/c1-5-7-9-11-13-15-17-19-21-23-25-27-29-31-33-37-41-46(48-44-45(49-46)40-36-35-39-43-47(3)4)42-38-34-32-30-28-26-24-22-20-18-16-14-12-10-8-6-2/h13,15,19-22,45H,5-12,14,16-18,23-44H2,1-4H3/b15-13-,21-19-,22-20-. The molecule has 0 aromatic heterocycles. The fourth-order valence-corrected chi connectivity index (χ4v) is 7.15. The van der Waals surface area contributed by atoms with Crippen molar-refractivity contribution in [2.24, 2.45) is 0 Å². The van der Waals surface area contributed by atoms with Crippen molar-refractivity contribution >= 4 is 0 Å². The normalized spacial score (nSPS) is 18.4. The SMILES string of the molecule is CCCCC/C=C\C/C=C\CCCCCCCCC1(CCCCCCCC/C=C\CCCCCCCC)OCC(CCCCCN(C)C)O1. The maximum atomic E-state index is 6.77. The van der Waals surface area contributed by atoms with Gasteiger partial charge in [0.15, 0.2) is 5.79 Å². The van der Waals surface area contributed by atoms with Gasteiger partial charge in [0.05, 0.1) is 12.7 Å². The summed E-state index contributed by atoms with van der Waals surface area (Å²) in [6.07, 6.45) is 56.4. The molecule has 49 heavy (non-hydrogen) atoms. The number of rotatable bonds is 37. The summed E-state index contributed by atoms with van der Waals surface area (Å²) in [5, 5.41) is 0. The summed E-state index contributed by atoms with van der Waals surface area (Å²) in [6, 6.07) is 0. The lowest BCUT2D eigenvalue weighted by molar-refractivity contribution is -0.180. The molecule has 0 radical (unpaired) electrons. The molecule has 0 aliphatic carbocycles. The highest BCUT2D eigenvalue weighted by Gasteiger charge is 2.40. The Morgan fingerprint density at radius 2 is 0.898 bits per heavy atom. The van der Waals surface area contributed by atoms with E-state index in [9.17, 15) is 0 Å². The predicted octanol–water partition coefficient (Wildman–Crippen LogP) is 14.9. The van der Waals surface area contributed by atoms with E-state index in [1.165, 1.54) is 186 Å². The van der Waals surface area contributed by atoms with Gasteiger partial charge in [0.1, 0.15) is 0 Å². The lowest BCUT2D eigenvalue weighted by Crippen LogP contribution is -2.31. The second-order valence-electron chi connectivity index (χ2n) is 15.6. The molecule has 0 saturated carbocycles. The van der Waals surface area contributed by atoms with Crippen LogP contribution in [0.25, 0.3) is 0 Å². The zero-order chi connectivity index (χ0) is 35.4. The Morgan fingerprint density at radius 1 is 0.490 bits per heavy atom. The van der Waals surface area contributed by atoms with E-state index in [4.69, 9.17) is 9.47 Å². The van der Waals surface area contributed by atoms with Gasteiger partial charge in [-0.25, -0.2) is 0 Å². The number of allylic oxidation sites excluding steroid dienone is 6. The van der Waals surface area contributed by atoms with Crippen LogP contribution in [0.15, 0.2) is 36.5 Å². The predicted molar refractivity (Wildman–Crippen MR) is 219 cm³/mol. The maximum absolute atomic E-state index is 6.77. The Balaban J connectivity index is 2.21. The largest absolute Gasteiger partial charge is 0.347 e. The molecule has 1 aliphatic rings. The third kappa shape index (κ3) is 30.4. The summed E-state index contributed by atoms with van der Waals surface area (Å²) < 4.78 is 13.3. The first-order chi connectivity index (χ1) is 24.1. The Hall–Kier alpha value is -0.900. The summed E-state index contributed by atoms with van der Waals surface area (Å²) >= 11 is 0. The zero-order valence-electron chi connectivity index (χ0n) is 33.8. The average Bonchev–Trinajstić information content (AvgIpc) is 3.50. The van der Waals surface area contributed by atoms with Gasteiger partial charge < -0.3 is 14.4 Å². The molecule has 2 atom stereocenters. The van der Waals surface area contributed by atoms with Gasteiger partial charge in [-0.1, -0.05) is 159 Å². The molecule has 0 spiro atoms. The molecule has 3 heteroatoms. The van der Waals surface area contributed by atoms with E-state index in [0.29, 0.717) is 6.10 Å². The zero-order valence-corrected chi connectivity index (χ0v) is 33.8. The van der Waals surface area contributed by atoms with E-state index in [1.54, 1.807) is 0 Å². The minimum absolute atomic E-state index is 0.301. The van der Waals surface area contributed by atoms with Crippen LogP contribution in [0, 0.1) is 0 Å². The van der Waals surface area contributed by atoms with E-state index in [0.717, 1.165) is 32.3 Å². The summed E-state index contributed by atoms with van der Waals surface area (Å²) in [7, 11) is 4.35. The Kier molecular flexibility index (Phi) is 33.4. The van der Waals surface area contributed by atoms with Gasteiger partial charge in [-0.2, -0.15) is 0 Å². The van der Waals surface area contributed by atoms with Gasteiger partial charge in [-0.3, -0.25) is 0 Å². The van der Waals surface area contributed by atoms with Crippen molar-refractivity contribution in [3.05, 3.63) is 36.5 Å². The molecule has 1 saturated heterocycles. The first kappa shape index (κ1) is 46.1. The second kappa shape index (κ2) is 35.5. The van der Waals surface area contributed by atoms with Gasteiger partial charge in [-0.15, -0.1) is 0 Å². The van der Waals surface area contributed by atoms with Crippen molar-refractivity contribution in [1.82, 2.24) is 4.90 Å². The maximum Gasteiger partial charge on any atom is 0.168 e. The summed E-state index contributed by atoms with van der Waals surface area (Å²) in [5.41, 5.74) is 0. The minimum atomic E-state index is -0.301. The van der Waals surface area contributed by atoms with Crippen LogP contribution in [0.2, 0.25) is 0 Å². The lowest BCUT2D eigenvalue weighted by Gasteiger charge is -2.28. The lowest BCUT2D eigenvalue weighted by atomic mass is 9.98. The Labute approximate surface area is 308 Å². The van der Waals surface area contributed by atoms with Crippen LogP contribution in [0.1, 0.15) is 219 Å². The van der Waals surface area contributed by atoms with Crippen LogP contribution in [-0.4, -0.2) is 44.0 Å². The number of unbranched alkanes of at least 4 members (excludes halogenated alkanes) is 23. The molecule has 3 nitrogen and oxygen atoms in total. The molecule has 2 unspecified atom stereocenters. The fraction of sp³-hybridized carbons (Fsp3) is 0.870. The molecule has 0 bridgehead atoms. The third-order valence-electron chi connectivity index (χ3n) is 10.4. The van der Waals surface area contributed by atoms with Gasteiger partial charge in [0.25, 0.3) is 0 Å². The van der Waals surface area contributed by atoms with Crippen molar-refractivity contribution in [3.8, 4) is 0 Å². The average molecular weight is 686 g/mol. The molecule has 0 N–H and O–H groups in total. The van der Waals surface area contributed by atoms with E-state index >= 15 is 0 Å². The first-order valence-corrected chi connectivity index (χ1v) is 22.0. The van der Waals surface area contributed by atoms with Crippen LogP contribution in [0.3, 0.4) is 0 Å². The van der Waals surface area contributed by atoms with Crippen LogP contribution in [-0.2, 0) is 9.47 Å². The van der Waals surface area contributed by atoms with Gasteiger partial charge in [-0.05, 0) is 104 Å². The van der Waals surface area contributed by atoms with Crippen molar-refractivity contribution in [3.63, 3.8) is 0 Å². The molecule has 1 rings (SSSR count). The molecule has 1 heterocycles. The van der Waals surface area contributed by atoms with Gasteiger partial charge in [0.2, 0.25) is 0 Å². The number of hydrogen-bond acceptors (Lipinski definition) is 3. The number of ether oxygens (including phenoxy) is 2. The summed E-state index contributed by atoms with van der Waals surface area (Å²) in [4.78, 5) is 2.29. The van der Waals surface area contributed by atoms with Crippen LogP contribution < -0.4 is 0 Å². The monoisotopic (exact) mass is 686 g/mol. The van der Waals surface area contributed by atoms with Crippen LogP contribution in [0.5, 0.6) is 0 Å². The second-order valence-corrected chi connectivity index (χ2v) is 15.6. The Bertz CT molecular complexity index is 758. The minimum Gasteiger partial charge on any atom is -0.347 e. The molecule has 0 amide bonds. The molecule has 1 fully saturated rings. The molecule has 288 valence electrons. The van der Waals surface area contributed by atoms with Crippen LogP contribution >= 0.6 is 0 Å². The topological polar surface area (TPSA) is 21.7 Å². The molecule has 1 aliphatic heterocycles. The molecule has 0 aromatic rings. The van der Waals surface area contributed by atoms with Gasteiger partial charge in [0, 0.05) is 12.8 Å². The molecular formula is C46H87NO2. The number of hydrogen-bond donors (Lipinski definition) is 0. The summed E-state index contributed by atoms with van der Waals surface area (Å²) in [5.74, 6) is -0.301. The third-order valence-corrected chi connectivity index (χ3v) is 10.4. The van der Waals surface area contributed by atoms with E-state index in [-0.39, 0.29) is 5.79 Å². The summed E-state index contributed by atoms with van der Waals surface area (Å²) in [6.45, 7) is 6.57. The van der Waals surface area contributed by atoms with E-state index in [1.807, 2.05) is 0 Å². The highest BCUT2D eigenvalue weighted by molar-refractivity contribution is 4.92. The highest BCUT2D eigenvalue weighted by Crippen LogP contribution is 2.36.